The summed E-state index contributed by atoms with van der Waals surface area (Å²) in [6.45, 7) is 8.57. The molecule has 14 nitrogen and oxygen atoms in total. The van der Waals surface area contributed by atoms with Gasteiger partial charge in [-0.3, -0.25) is 9.59 Å². The first-order valence-corrected chi connectivity index (χ1v) is 20.8. The van der Waals surface area contributed by atoms with Crippen molar-refractivity contribution in [1.82, 2.24) is 40.4 Å². The smallest absolute Gasteiger partial charge is 0.407 e. The third-order valence-corrected chi connectivity index (χ3v) is 11.6. The molecule has 3 aromatic carbocycles. The van der Waals surface area contributed by atoms with Crippen molar-refractivity contribution in [2.45, 2.75) is 77.5 Å². The summed E-state index contributed by atoms with van der Waals surface area (Å²) < 4.78 is 26.2. The number of aromatic nitrogens is 4. The molecule has 61 heavy (non-hydrogen) atoms. The van der Waals surface area contributed by atoms with Crippen LogP contribution in [0.1, 0.15) is 77.1 Å². The zero-order chi connectivity index (χ0) is 43.4. The van der Waals surface area contributed by atoms with Gasteiger partial charge in [-0.25, -0.2) is 23.9 Å². The van der Waals surface area contributed by atoms with Crippen LogP contribution in [0.4, 0.5) is 14.0 Å². The van der Waals surface area contributed by atoms with E-state index in [2.05, 4.69) is 30.6 Å². The van der Waals surface area contributed by atoms with E-state index < -0.39 is 30.1 Å². The first-order chi connectivity index (χ1) is 29.4. The Bertz CT molecular complexity index is 2360. The Balaban J connectivity index is 1.14. The molecular weight excluding hydrogens is 780 g/mol. The maximum Gasteiger partial charge on any atom is 0.407 e. The molecule has 2 aliphatic rings. The number of halogens is 1. The van der Waals surface area contributed by atoms with Gasteiger partial charge >= 0.3 is 12.2 Å². The Labute approximate surface area is 354 Å². The molecule has 7 rings (SSSR count). The number of imidazole rings is 2. The highest BCUT2D eigenvalue weighted by molar-refractivity contribution is 5.89. The third kappa shape index (κ3) is 9.01. The molecule has 0 bridgehead atoms. The number of hydrogen-bond acceptors (Lipinski definition) is 8. The van der Waals surface area contributed by atoms with Gasteiger partial charge in [0.05, 0.1) is 50.1 Å². The van der Waals surface area contributed by atoms with Crippen LogP contribution in [0.2, 0.25) is 0 Å². The van der Waals surface area contributed by atoms with Gasteiger partial charge in [0.1, 0.15) is 29.5 Å². The summed E-state index contributed by atoms with van der Waals surface area (Å²) in [5.41, 5.74) is 5.46. The van der Waals surface area contributed by atoms with Crippen LogP contribution in [0.25, 0.3) is 44.8 Å². The number of aromatic amines is 2. The third-order valence-electron chi connectivity index (χ3n) is 11.6. The lowest BCUT2D eigenvalue weighted by Crippen LogP contribution is -2.51. The summed E-state index contributed by atoms with van der Waals surface area (Å²) in [4.78, 5) is 71.1. The van der Waals surface area contributed by atoms with Crippen molar-refractivity contribution in [3.05, 3.63) is 96.6 Å². The second-order valence-electron chi connectivity index (χ2n) is 16.3. The fourth-order valence-electron chi connectivity index (χ4n) is 8.41. The van der Waals surface area contributed by atoms with Crippen LogP contribution in [0.3, 0.4) is 0 Å². The number of carbonyl (C=O) groups excluding carboxylic acids is 4. The molecule has 0 saturated carbocycles. The first-order valence-electron chi connectivity index (χ1n) is 20.8. The standard InChI is InChI=1S/C46H53FN8O6/c1-26(2)39(52-45(58)60-5)43(56)54-20-10-14-36(54)41-48-24-34(50-41)29-16-18-30(19-17-29)38-32(28-12-8-7-9-13-28)22-31(23-33(38)47)35-25-49-42(51-35)37-15-11-21-55(37)44(57)40(27(3)4)53-46(59)61-6/h7-9,12-13,16-19,22-27,36-37,39-40H,10-11,14-15,20-21H2,1-6H3,(H,48,50)(H,49,51)(H,52,58)(H,53,59)/t36-,37-,39-,40-/m0/s1. The molecule has 4 amide bonds. The lowest BCUT2D eigenvalue weighted by Gasteiger charge is -2.30. The number of H-pyrrole nitrogens is 2. The van der Waals surface area contributed by atoms with E-state index in [9.17, 15) is 19.2 Å². The lowest BCUT2D eigenvalue weighted by molar-refractivity contribution is -0.136. The second kappa shape index (κ2) is 18.4. The van der Waals surface area contributed by atoms with Crippen LogP contribution in [0.15, 0.2) is 79.1 Å². The van der Waals surface area contributed by atoms with Gasteiger partial charge in [0.25, 0.3) is 0 Å². The molecule has 4 atom stereocenters. The number of alkyl carbamates (subject to hydrolysis) is 2. The SMILES string of the molecule is COC(=O)N[C@H](C(=O)N1CCC[C@H]1c1ncc(-c2ccc(-c3c(F)cc(-c4cnc([C@@H]5CCCN5C(=O)[C@@H](NC(=O)OC)C(C)C)[nH]4)cc3-c3ccccc3)cc2)[nH]1)C(C)C. The highest BCUT2D eigenvalue weighted by atomic mass is 19.1. The van der Waals surface area contributed by atoms with E-state index in [-0.39, 0.29) is 35.7 Å². The van der Waals surface area contributed by atoms with Crippen LogP contribution in [-0.4, -0.2) is 93.1 Å². The number of ether oxygens (including phenoxy) is 2. The van der Waals surface area contributed by atoms with Gasteiger partial charge in [-0.2, -0.15) is 0 Å². The topological polar surface area (TPSA) is 175 Å². The quantitative estimate of drug-likeness (QED) is 0.0978. The van der Waals surface area contributed by atoms with Crippen LogP contribution in [-0.2, 0) is 19.1 Å². The number of nitrogens with zero attached hydrogens (tertiary/aromatic N) is 4. The van der Waals surface area contributed by atoms with E-state index in [0.717, 1.165) is 36.1 Å². The summed E-state index contributed by atoms with van der Waals surface area (Å²) in [6.07, 6.45) is 5.08. The highest BCUT2D eigenvalue weighted by Crippen LogP contribution is 2.40. The molecule has 4 heterocycles. The van der Waals surface area contributed by atoms with Crippen molar-refractivity contribution in [1.29, 1.82) is 0 Å². The van der Waals surface area contributed by atoms with Crippen LogP contribution >= 0.6 is 0 Å². The minimum atomic E-state index is -0.759. The van der Waals surface area contributed by atoms with Gasteiger partial charge in [-0.1, -0.05) is 82.3 Å². The van der Waals surface area contributed by atoms with E-state index in [1.807, 2.05) is 88.4 Å². The second-order valence-corrected chi connectivity index (χ2v) is 16.3. The number of nitrogens with one attached hydrogen (secondary N) is 4. The minimum Gasteiger partial charge on any atom is -0.453 e. The molecule has 2 aliphatic heterocycles. The minimum absolute atomic E-state index is 0.144. The Kier molecular flexibility index (Phi) is 12.9. The maximum absolute atomic E-state index is 16.6. The maximum atomic E-state index is 16.6. The molecule has 2 aromatic heterocycles. The van der Waals surface area contributed by atoms with Gasteiger partial charge in [0.2, 0.25) is 11.8 Å². The Hall–Kier alpha value is -6.51. The van der Waals surface area contributed by atoms with Gasteiger partial charge < -0.3 is 39.9 Å². The fraction of sp³-hybridized carbons (Fsp3) is 0.391. The fourth-order valence-corrected chi connectivity index (χ4v) is 8.41. The number of hydrogen-bond donors (Lipinski definition) is 4. The van der Waals surface area contributed by atoms with Crippen molar-refractivity contribution in [3.63, 3.8) is 0 Å². The van der Waals surface area contributed by atoms with E-state index in [0.29, 0.717) is 59.1 Å². The van der Waals surface area contributed by atoms with Gasteiger partial charge in [0.15, 0.2) is 0 Å². The molecule has 0 unspecified atom stereocenters. The molecule has 0 aliphatic carbocycles. The average molecular weight is 833 g/mol. The van der Waals surface area contributed by atoms with Crippen molar-refractivity contribution >= 4 is 24.0 Å². The van der Waals surface area contributed by atoms with Crippen molar-refractivity contribution < 1.29 is 33.0 Å². The predicted octanol–water partition coefficient (Wildman–Crippen LogP) is 8.03. The van der Waals surface area contributed by atoms with Crippen molar-refractivity contribution in [2.24, 2.45) is 11.8 Å². The van der Waals surface area contributed by atoms with E-state index in [4.69, 9.17) is 9.47 Å². The van der Waals surface area contributed by atoms with E-state index in [1.54, 1.807) is 22.2 Å². The zero-order valence-electron chi connectivity index (χ0n) is 35.3. The number of carbonyl (C=O) groups is 4. The monoisotopic (exact) mass is 832 g/mol. The molecule has 15 heteroatoms. The summed E-state index contributed by atoms with van der Waals surface area (Å²) in [5, 5.41) is 5.36. The van der Waals surface area contributed by atoms with Crippen molar-refractivity contribution in [2.75, 3.05) is 27.3 Å². The van der Waals surface area contributed by atoms with Crippen LogP contribution in [0, 0.1) is 17.7 Å². The molecule has 5 aromatic rings. The van der Waals surface area contributed by atoms with E-state index >= 15 is 4.39 Å². The Morgan fingerprint density at radius 1 is 0.672 bits per heavy atom. The van der Waals surface area contributed by atoms with Gasteiger partial charge in [0, 0.05) is 24.2 Å². The lowest BCUT2D eigenvalue weighted by atomic mass is 9.91. The Morgan fingerprint density at radius 3 is 1.62 bits per heavy atom. The number of amides is 4. The number of benzene rings is 3. The van der Waals surface area contributed by atoms with Gasteiger partial charge in [-0.15, -0.1) is 0 Å². The van der Waals surface area contributed by atoms with Crippen LogP contribution < -0.4 is 10.6 Å². The molecule has 0 radical (unpaired) electrons. The highest BCUT2D eigenvalue weighted by Gasteiger charge is 2.39. The number of likely N-dealkylation sites (tertiary alicyclic amines) is 2. The summed E-state index contributed by atoms with van der Waals surface area (Å²) in [6, 6.07) is 18.6. The molecular formula is C46H53FN8O6. The predicted molar refractivity (Wildman–Crippen MR) is 228 cm³/mol. The molecule has 4 N–H and O–H groups in total. The van der Waals surface area contributed by atoms with E-state index in [1.165, 1.54) is 20.3 Å². The summed E-state index contributed by atoms with van der Waals surface area (Å²) in [5.74, 6) is 0.133. The molecule has 2 fully saturated rings. The Morgan fingerprint density at radius 2 is 1.15 bits per heavy atom. The zero-order valence-corrected chi connectivity index (χ0v) is 35.3. The van der Waals surface area contributed by atoms with Gasteiger partial charge in [-0.05, 0) is 71.9 Å². The van der Waals surface area contributed by atoms with Crippen molar-refractivity contribution in [3.8, 4) is 44.8 Å². The normalized spacial score (nSPS) is 17.4. The van der Waals surface area contributed by atoms with Crippen LogP contribution in [0.5, 0.6) is 0 Å². The molecule has 2 saturated heterocycles. The summed E-state index contributed by atoms with van der Waals surface area (Å²) >= 11 is 0. The largest absolute Gasteiger partial charge is 0.453 e. The average Bonchev–Trinajstić information content (AvgIpc) is 4.11. The first kappa shape index (κ1) is 42.6. The number of rotatable bonds is 12. The summed E-state index contributed by atoms with van der Waals surface area (Å²) in [7, 11) is 2.54. The molecule has 0 spiro atoms. The molecule has 320 valence electrons. The number of methoxy groups -OCH3 is 2.